The van der Waals surface area contributed by atoms with E-state index in [1.54, 1.807) is 13.1 Å². The van der Waals surface area contributed by atoms with Crippen molar-refractivity contribution in [3.63, 3.8) is 0 Å². The Labute approximate surface area is 90.5 Å². The van der Waals surface area contributed by atoms with E-state index in [1.165, 1.54) is 24.0 Å². The second kappa shape index (κ2) is 5.88. The fourth-order valence-corrected chi connectivity index (χ4v) is 1.46. The predicted octanol–water partition coefficient (Wildman–Crippen LogP) is 0.562. The van der Waals surface area contributed by atoms with Crippen LogP contribution in [0.25, 0.3) is 0 Å². The van der Waals surface area contributed by atoms with Crippen molar-refractivity contribution >= 4 is 5.91 Å². The summed E-state index contributed by atoms with van der Waals surface area (Å²) < 4.78 is 4.79. The molecule has 0 spiro atoms. The molecule has 86 valence electrons. The molecule has 1 unspecified atom stereocenters. The fourth-order valence-electron chi connectivity index (χ4n) is 1.46. The van der Waals surface area contributed by atoms with Gasteiger partial charge >= 0.3 is 0 Å². The highest BCUT2D eigenvalue weighted by molar-refractivity contribution is 5.88. The van der Waals surface area contributed by atoms with Crippen molar-refractivity contribution in [2.45, 2.75) is 25.4 Å². The van der Waals surface area contributed by atoms with Crippen LogP contribution in [0.15, 0.2) is 11.6 Å². The Morgan fingerprint density at radius 1 is 1.67 bits per heavy atom. The quantitative estimate of drug-likeness (QED) is 0.679. The van der Waals surface area contributed by atoms with Crippen LogP contribution in [-0.2, 0) is 9.53 Å². The van der Waals surface area contributed by atoms with Gasteiger partial charge in [0.2, 0.25) is 5.91 Å². The molecule has 1 aliphatic carbocycles. The van der Waals surface area contributed by atoms with Gasteiger partial charge in [0.15, 0.2) is 0 Å². The molecule has 0 saturated heterocycles. The Bertz CT molecular complexity index is 244. The Hall–Kier alpha value is -0.870. The molecule has 0 radical (unpaired) electrons. The molecular formula is C11H19NO3. The number of hydrogen-bond donors (Lipinski definition) is 1. The van der Waals surface area contributed by atoms with Crippen LogP contribution >= 0.6 is 0 Å². The van der Waals surface area contributed by atoms with E-state index >= 15 is 0 Å². The number of likely N-dealkylation sites (N-methyl/N-ethyl adjacent to an activating group) is 1. The third-order valence-corrected chi connectivity index (χ3v) is 2.54. The van der Waals surface area contributed by atoms with Gasteiger partial charge in [-0.25, -0.2) is 0 Å². The summed E-state index contributed by atoms with van der Waals surface area (Å²) >= 11 is 0. The van der Waals surface area contributed by atoms with E-state index in [0.717, 1.165) is 12.8 Å². The molecule has 0 aromatic heterocycles. The molecule has 1 fully saturated rings. The molecule has 1 atom stereocenters. The van der Waals surface area contributed by atoms with Crippen LogP contribution in [0.4, 0.5) is 0 Å². The topological polar surface area (TPSA) is 49.8 Å². The van der Waals surface area contributed by atoms with Gasteiger partial charge in [0.05, 0.1) is 12.7 Å². The van der Waals surface area contributed by atoms with E-state index in [2.05, 4.69) is 0 Å². The van der Waals surface area contributed by atoms with E-state index in [-0.39, 0.29) is 12.5 Å². The second-order valence-corrected chi connectivity index (χ2v) is 3.98. The molecule has 0 aromatic rings. The lowest BCUT2D eigenvalue weighted by Gasteiger charge is -2.21. The number of amides is 1. The summed E-state index contributed by atoms with van der Waals surface area (Å²) in [5.41, 5.74) is 1.22. The van der Waals surface area contributed by atoms with Crippen molar-refractivity contribution in [2.24, 2.45) is 0 Å². The van der Waals surface area contributed by atoms with Crippen molar-refractivity contribution in [3.8, 4) is 0 Å². The first-order valence-corrected chi connectivity index (χ1v) is 5.25. The third kappa shape index (κ3) is 4.01. The van der Waals surface area contributed by atoms with Crippen molar-refractivity contribution in [1.29, 1.82) is 0 Å². The first-order valence-electron chi connectivity index (χ1n) is 5.25. The van der Waals surface area contributed by atoms with Gasteiger partial charge in [-0.15, -0.1) is 0 Å². The molecule has 0 aromatic carbocycles. The maximum absolute atomic E-state index is 11.6. The lowest BCUT2D eigenvalue weighted by atomic mass is 9.92. The number of carbonyl (C=O) groups is 1. The molecule has 0 bridgehead atoms. The zero-order chi connectivity index (χ0) is 11.3. The summed E-state index contributed by atoms with van der Waals surface area (Å²) in [7, 11) is 3.22. The van der Waals surface area contributed by atoms with Crippen LogP contribution < -0.4 is 0 Å². The Morgan fingerprint density at radius 2 is 2.33 bits per heavy atom. The lowest BCUT2D eigenvalue weighted by molar-refractivity contribution is -0.126. The number of carbonyl (C=O) groups excluding carboxylic acids is 1. The number of methoxy groups -OCH3 is 1. The highest BCUT2D eigenvalue weighted by atomic mass is 16.5. The first kappa shape index (κ1) is 12.2. The standard InChI is InChI=1S/C11H19NO3/c1-12(7-10(13)8-15-2)11(14)6-9-4-3-5-9/h6,10,13H,3-5,7-8H2,1-2H3. The molecule has 1 rings (SSSR count). The largest absolute Gasteiger partial charge is 0.389 e. The number of hydrogen-bond acceptors (Lipinski definition) is 3. The molecule has 1 aliphatic rings. The van der Waals surface area contributed by atoms with Crippen LogP contribution in [-0.4, -0.2) is 49.3 Å². The SMILES string of the molecule is COCC(O)CN(C)C(=O)C=C1CCC1. The van der Waals surface area contributed by atoms with Gasteiger partial charge in [-0.2, -0.15) is 0 Å². The molecule has 4 heteroatoms. The molecule has 1 saturated carbocycles. The van der Waals surface area contributed by atoms with Crippen LogP contribution in [0, 0.1) is 0 Å². The van der Waals surface area contributed by atoms with Gasteiger partial charge < -0.3 is 14.7 Å². The first-order chi connectivity index (χ1) is 7.13. The van der Waals surface area contributed by atoms with Gasteiger partial charge in [0, 0.05) is 26.8 Å². The van der Waals surface area contributed by atoms with E-state index in [0.29, 0.717) is 6.54 Å². The molecule has 0 heterocycles. The van der Waals surface area contributed by atoms with Crippen LogP contribution in [0.1, 0.15) is 19.3 Å². The molecular weight excluding hydrogens is 194 g/mol. The minimum atomic E-state index is -0.608. The van der Waals surface area contributed by atoms with Crippen molar-refractivity contribution < 1.29 is 14.6 Å². The van der Waals surface area contributed by atoms with Crippen LogP contribution in [0.5, 0.6) is 0 Å². The molecule has 1 amide bonds. The summed E-state index contributed by atoms with van der Waals surface area (Å²) in [6.45, 7) is 0.574. The lowest BCUT2D eigenvalue weighted by Crippen LogP contribution is -2.35. The summed E-state index contributed by atoms with van der Waals surface area (Å²) in [5, 5.41) is 9.43. The smallest absolute Gasteiger partial charge is 0.246 e. The van der Waals surface area contributed by atoms with E-state index in [9.17, 15) is 9.90 Å². The highest BCUT2D eigenvalue weighted by Gasteiger charge is 2.15. The zero-order valence-corrected chi connectivity index (χ0v) is 9.40. The summed E-state index contributed by atoms with van der Waals surface area (Å²) in [5.74, 6) is -0.0279. The van der Waals surface area contributed by atoms with Gasteiger partial charge in [0.1, 0.15) is 0 Å². The van der Waals surface area contributed by atoms with E-state index < -0.39 is 6.10 Å². The monoisotopic (exact) mass is 213 g/mol. The molecule has 1 N–H and O–H groups in total. The Kier molecular flexibility index (Phi) is 4.78. The number of allylic oxidation sites excluding steroid dienone is 1. The summed E-state index contributed by atoms with van der Waals surface area (Å²) in [4.78, 5) is 13.1. The minimum Gasteiger partial charge on any atom is -0.389 e. The average molecular weight is 213 g/mol. The maximum atomic E-state index is 11.6. The van der Waals surface area contributed by atoms with Crippen molar-refractivity contribution in [2.75, 3.05) is 27.3 Å². The van der Waals surface area contributed by atoms with Crippen molar-refractivity contribution in [3.05, 3.63) is 11.6 Å². The maximum Gasteiger partial charge on any atom is 0.246 e. The average Bonchev–Trinajstić information content (AvgIpc) is 2.11. The molecule has 15 heavy (non-hydrogen) atoms. The fraction of sp³-hybridized carbons (Fsp3) is 0.727. The second-order valence-electron chi connectivity index (χ2n) is 3.98. The molecule has 0 aliphatic heterocycles. The van der Waals surface area contributed by atoms with Crippen LogP contribution in [0.2, 0.25) is 0 Å². The predicted molar refractivity (Wildman–Crippen MR) is 57.5 cm³/mol. The molecule has 4 nitrogen and oxygen atoms in total. The summed E-state index contributed by atoms with van der Waals surface area (Å²) in [6.07, 6.45) is 4.35. The van der Waals surface area contributed by atoms with Gasteiger partial charge in [-0.05, 0) is 19.3 Å². The number of rotatable bonds is 5. The number of aliphatic hydroxyl groups is 1. The summed E-state index contributed by atoms with van der Waals surface area (Å²) in [6, 6.07) is 0. The van der Waals surface area contributed by atoms with E-state index in [1.807, 2.05) is 0 Å². The van der Waals surface area contributed by atoms with Crippen LogP contribution in [0.3, 0.4) is 0 Å². The van der Waals surface area contributed by atoms with Crippen molar-refractivity contribution in [1.82, 2.24) is 4.90 Å². The van der Waals surface area contributed by atoms with Gasteiger partial charge in [0.25, 0.3) is 0 Å². The van der Waals surface area contributed by atoms with Gasteiger partial charge in [-0.3, -0.25) is 4.79 Å². The minimum absolute atomic E-state index is 0.0279. The van der Waals surface area contributed by atoms with Gasteiger partial charge in [-0.1, -0.05) is 5.57 Å². The third-order valence-electron chi connectivity index (χ3n) is 2.54. The number of aliphatic hydroxyl groups excluding tert-OH is 1. The zero-order valence-electron chi connectivity index (χ0n) is 9.40. The number of ether oxygens (including phenoxy) is 1. The number of nitrogens with zero attached hydrogens (tertiary/aromatic N) is 1. The Balaban J connectivity index is 2.32. The highest BCUT2D eigenvalue weighted by Crippen LogP contribution is 2.24. The van der Waals surface area contributed by atoms with E-state index in [4.69, 9.17) is 4.74 Å². The normalized spacial score (nSPS) is 16.9. The Morgan fingerprint density at radius 3 is 2.80 bits per heavy atom.